The molecule has 1 aromatic carbocycles. The summed E-state index contributed by atoms with van der Waals surface area (Å²) in [5.41, 5.74) is 2.40. The fourth-order valence-corrected chi connectivity index (χ4v) is 1.89. The number of hydrogen-bond acceptors (Lipinski definition) is 2. The second kappa shape index (κ2) is 10.8. The van der Waals surface area contributed by atoms with E-state index in [-0.39, 0.29) is 29.5 Å². The van der Waals surface area contributed by atoms with Crippen molar-refractivity contribution in [3.8, 4) is 0 Å². The quantitative estimate of drug-likeness (QED) is 0.420. The molecule has 0 aliphatic heterocycles. The first-order valence-corrected chi connectivity index (χ1v) is 7.67. The van der Waals surface area contributed by atoms with Crippen molar-refractivity contribution in [2.75, 3.05) is 13.2 Å². The summed E-state index contributed by atoms with van der Waals surface area (Å²) in [6, 6.07) is 8.30. The second-order valence-corrected chi connectivity index (χ2v) is 5.98. The molecule has 4 nitrogen and oxygen atoms in total. The van der Waals surface area contributed by atoms with E-state index >= 15 is 0 Å². The van der Waals surface area contributed by atoms with Gasteiger partial charge in [-0.3, -0.25) is 0 Å². The van der Waals surface area contributed by atoms with E-state index in [1.165, 1.54) is 11.1 Å². The molecule has 0 saturated carbocycles. The van der Waals surface area contributed by atoms with Crippen molar-refractivity contribution in [3.05, 3.63) is 35.4 Å². The van der Waals surface area contributed by atoms with Gasteiger partial charge in [-0.25, -0.2) is 4.99 Å². The van der Waals surface area contributed by atoms with Gasteiger partial charge < -0.3 is 15.4 Å². The van der Waals surface area contributed by atoms with E-state index in [4.69, 9.17) is 4.74 Å². The molecule has 0 unspecified atom stereocenters. The van der Waals surface area contributed by atoms with Crippen LogP contribution in [0.15, 0.2) is 29.3 Å². The SMILES string of the molecule is CCNC(=NCc1ccccc1COCC)NC(C)(C)C.I. The second-order valence-electron chi connectivity index (χ2n) is 5.98. The summed E-state index contributed by atoms with van der Waals surface area (Å²) >= 11 is 0. The largest absolute Gasteiger partial charge is 0.377 e. The molecule has 0 aliphatic rings. The standard InChI is InChI=1S/C17H29N3O.HI/c1-6-18-16(20-17(3,4)5)19-12-14-10-8-9-11-15(14)13-21-7-2;/h8-11H,6-7,12-13H2,1-5H3,(H2,18,19,20);1H. The van der Waals surface area contributed by atoms with Gasteiger partial charge in [0.05, 0.1) is 13.2 Å². The number of halogens is 1. The molecule has 0 spiro atoms. The Hall–Kier alpha value is -0.820. The summed E-state index contributed by atoms with van der Waals surface area (Å²) in [5, 5.41) is 6.68. The highest BCUT2D eigenvalue weighted by Crippen LogP contribution is 2.11. The van der Waals surface area contributed by atoms with Crippen LogP contribution in [0.4, 0.5) is 0 Å². The molecule has 0 saturated heterocycles. The normalized spacial score (nSPS) is 11.8. The molecule has 2 N–H and O–H groups in total. The number of ether oxygens (including phenoxy) is 1. The molecule has 0 heterocycles. The zero-order valence-electron chi connectivity index (χ0n) is 14.4. The van der Waals surface area contributed by atoms with Gasteiger partial charge in [0.15, 0.2) is 5.96 Å². The summed E-state index contributed by atoms with van der Waals surface area (Å²) < 4.78 is 5.52. The Bertz CT molecular complexity index is 455. The van der Waals surface area contributed by atoms with Crippen LogP contribution in [0.2, 0.25) is 0 Å². The predicted octanol–water partition coefficient (Wildman–Crippen LogP) is 3.69. The number of benzene rings is 1. The van der Waals surface area contributed by atoms with E-state index in [1.54, 1.807) is 0 Å². The molecule has 1 aromatic rings. The molecule has 0 radical (unpaired) electrons. The third-order valence-electron chi connectivity index (χ3n) is 2.83. The molecule has 22 heavy (non-hydrogen) atoms. The average molecular weight is 419 g/mol. The van der Waals surface area contributed by atoms with Gasteiger partial charge in [0.25, 0.3) is 0 Å². The first-order chi connectivity index (χ1) is 9.96. The van der Waals surface area contributed by atoms with Crippen LogP contribution >= 0.6 is 24.0 Å². The van der Waals surface area contributed by atoms with Crippen molar-refractivity contribution in [2.24, 2.45) is 4.99 Å². The fourth-order valence-electron chi connectivity index (χ4n) is 1.89. The number of nitrogens with zero attached hydrogens (tertiary/aromatic N) is 1. The molecule has 0 aliphatic carbocycles. The Morgan fingerprint density at radius 2 is 1.77 bits per heavy atom. The highest BCUT2D eigenvalue weighted by molar-refractivity contribution is 14.0. The smallest absolute Gasteiger partial charge is 0.191 e. The molecular formula is C17H30IN3O. The molecule has 126 valence electrons. The Kier molecular flexibility index (Phi) is 10.4. The number of nitrogens with one attached hydrogen (secondary N) is 2. The monoisotopic (exact) mass is 419 g/mol. The Morgan fingerprint density at radius 3 is 2.32 bits per heavy atom. The van der Waals surface area contributed by atoms with Gasteiger partial charge >= 0.3 is 0 Å². The Labute approximate surface area is 152 Å². The van der Waals surface area contributed by atoms with Gasteiger partial charge in [-0.1, -0.05) is 24.3 Å². The lowest BCUT2D eigenvalue weighted by Gasteiger charge is -2.23. The molecule has 0 amide bonds. The minimum atomic E-state index is -0.00809. The van der Waals surface area contributed by atoms with Crippen molar-refractivity contribution in [3.63, 3.8) is 0 Å². The van der Waals surface area contributed by atoms with Crippen molar-refractivity contribution >= 4 is 29.9 Å². The lowest BCUT2D eigenvalue weighted by Crippen LogP contribution is -2.47. The fraction of sp³-hybridized carbons (Fsp3) is 0.588. The number of guanidine groups is 1. The molecule has 0 atom stereocenters. The third-order valence-corrected chi connectivity index (χ3v) is 2.83. The lowest BCUT2D eigenvalue weighted by atomic mass is 10.1. The maximum absolute atomic E-state index is 5.52. The molecule has 1 rings (SSSR count). The van der Waals surface area contributed by atoms with Crippen LogP contribution in [0, 0.1) is 0 Å². The van der Waals surface area contributed by atoms with Crippen LogP contribution in [0.1, 0.15) is 45.7 Å². The summed E-state index contributed by atoms with van der Waals surface area (Å²) in [6.07, 6.45) is 0. The van der Waals surface area contributed by atoms with Crippen LogP contribution in [-0.2, 0) is 17.9 Å². The Balaban J connectivity index is 0.00000441. The van der Waals surface area contributed by atoms with Crippen LogP contribution in [0.25, 0.3) is 0 Å². The van der Waals surface area contributed by atoms with Gasteiger partial charge in [0, 0.05) is 18.7 Å². The molecule has 5 heteroatoms. The minimum Gasteiger partial charge on any atom is -0.377 e. The average Bonchev–Trinajstić information content (AvgIpc) is 2.42. The van der Waals surface area contributed by atoms with Crippen LogP contribution < -0.4 is 10.6 Å². The maximum atomic E-state index is 5.52. The van der Waals surface area contributed by atoms with Crippen LogP contribution in [-0.4, -0.2) is 24.7 Å². The zero-order chi connectivity index (χ0) is 15.7. The number of aliphatic imine (C=N–C) groups is 1. The number of hydrogen-bond donors (Lipinski definition) is 2. The van der Waals surface area contributed by atoms with E-state index in [0.717, 1.165) is 19.1 Å². The first-order valence-electron chi connectivity index (χ1n) is 7.67. The third kappa shape index (κ3) is 8.58. The van der Waals surface area contributed by atoms with Crippen molar-refractivity contribution in [2.45, 2.75) is 53.3 Å². The topological polar surface area (TPSA) is 45.7 Å². The highest BCUT2D eigenvalue weighted by Gasteiger charge is 2.11. The summed E-state index contributed by atoms with van der Waals surface area (Å²) in [7, 11) is 0. The van der Waals surface area contributed by atoms with Gasteiger partial charge in [-0.2, -0.15) is 0 Å². The first kappa shape index (κ1) is 21.2. The van der Waals surface area contributed by atoms with Gasteiger partial charge in [0.2, 0.25) is 0 Å². The molecular weight excluding hydrogens is 389 g/mol. The van der Waals surface area contributed by atoms with Crippen molar-refractivity contribution in [1.82, 2.24) is 10.6 Å². The van der Waals surface area contributed by atoms with Crippen molar-refractivity contribution in [1.29, 1.82) is 0 Å². The van der Waals surface area contributed by atoms with Crippen LogP contribution in [0.5, 0.6) is 0 Å². The summed E-state index contributed by atoms with van der Waals surface area (Å²) in [6.45, 7) is 13.3. The highest BCUT2D eigenvalue weighted by atomic mass is 127. The maximum Gasteiger partial charge on any atom is 0.191 e. The van der Waals surface area contributed by atoms with E-state index in [2.05, 4.69) is 55.5 Å². The van der Waals surface area contributed by atoms with Crippen molar-refractivity contribution < 1.29 is 4.74 Å². The molecule has 0 aromatic heterocycles. The van der Waals surface area contributed by atoms with Gasteiger partial charge in [0.1, 0.15) is 0 Å². The zero-order valence-corrected chi connectivity index (χ0v) is 16.7. The molecule has 0 fully saturated rings. The van der Waals surface area contributed by atoms with E-state index in [9.17, 15) is 0 Å². The summed E-state index contributed by atoms with van der Waals surface area (Å²) in [4.78, 5) is 4.68. The lowest BCUT2D eigenvalue weighted by molar-refractivity contribution is 0.133. The summed E-state index contributed by atoms with van der Waals surface area (Å²) in [5.74, 6) is 0.844. The van der Waals surface area contributed by atoms with Gasteiger partial charge in [-0.15, -0.1) is 24.0 Å². The Morgan fingerprint density at radius 1 is 1.14 bits per heavy atom. The van der Waals surface area contributed by atoms with Crippen LogP contribution in [0.3, 0.4) is 0 Å². The number of rotatable bonds is 6. The van der Waals surface area contributed by atoms with E-state index < -0.39 is 0 Å². The van der Waals surface area contributed by atoms with E-state index in [1.807, 2.05) is 19.1 Å². The minimum absolute atomic E-state index is 0. The van der Waals surface area contributed by atoms with Gasteiger partial charge in [-0.05, 0) is 45.7 Å². The van der Waals surface area contributed by atoms with E-state index in [0.29, 0.717) is 13.2 Å². The molecule has 0 bridgehead atoms. The predicted molar refractivity (Wildman–Crippen MR) is 105 cm³/mol.